The summed E-state index contributed by atoms with van der Waals surface area (Å²) < 4.78 is 4.66. The standard InChI is InChI=1S/C16H23NO3/c1-3-4-5-6-9-13(18)11-12-8-7-10-14(15(12)17)16(19)20-2/h7-8,10H,3-6,9,11,17H2,1-2H3. The Bertz CT molecular complexity index is 469. The molecule has 0 heterocycles. The summed E-state index contributed by atoms with van der Waals surface area (Å²) in [7, 11) is 1.31. The topological polar surface area (TPSA) is 69.4 Å². The number of nitrogens with two attached hydrogens (primary N) is 1. The van der Waals surface area contributed by atoms with Crippen LogP contribution in [0.25, 0.3) is 0 Å². The van der Waals surface area contributed by atoms with Crippen molar-refractivity contribution >= 4 is 17.4 Å². The first-order valence-corrected chi connectivity index (χ1v) is 7.07. The van der Waals surface area contributed by atoms with Gasteiger partial charge in [0.25, 0.3) is 0 Å². The Morgan fingerprint density at radius 2 is 1.95 bits per heavy atom. The van der Waals surface area contributed by atoms with Gasteiger partial charge >= 0.3 is 5.97 Å². The van der Waals surface area contributed by atoms with Gasteiger partial charge in [0.05, 0.1) is 12.7 Å². The van der Waals surface area contributed by atoms with Crippen LogP contribution < -0.4 is 5.73 Å². The van der Waals surface area contributed by atoms with Crippen molar-refractivity contribution in [2.75, 3.05) is 12.8 Å². The molecular weight excluding hydrogens is 254 g/mol. The second-order valence-corrected chi connectivity index (χ2v) is 4.90. The average molecular weight is 277 g/mol. The SMILES string of the molecule is CCCCCCC(=O)Cc1cccc(C(=O)OC)c1N. The number of carbonyl (C=O) groups is 2. The molecule has 4 heteroatoms. The van der Waals surface area contributed by atoms with Gasteiger partial charge in [-0.25, -0.2) is 4.79 Å². The largest absolute Gasteiger partial charge is 0.465 e. The lowest BCUT2D eigenvalue weighted by Crippen LogP contribution is -2.10. The third kappa shape index (κ3) is 4.68. The van der Waals surface area contributed by atoms with Crippen LogP contribution in [0.15, 0.2) is 18.2 Å². The second kappa shape index (κ2) is 8.35. The van der Waals surface area contributed by atoms with Gasteiger partial charge in [-0.1, -0.05) is 38.3 Å². The van der Waals surface area contributed by atoms with Gasteiger partial charge < -0.3 is 10.5 Å². The Labute approximate surface area is 120 Å². The van der Waals surface area contributed by atoms with Crippen LogP contribution in [0.1, 0.15) is 54.9 Å². The van der Waals surface area contributed by atoms with Gasteiger partial charge in [0.2, 0.25) is 0 Å². The molecular formula is C16H23NO3. The maximum atomic E-state index is 11.9. The van der Waals surface area contributed by atoms with Crippen LogP contribution in [0.4, 0.5) is 5.69 Å². The molecule has 20 heavy (non-hydrogen) atoms. The van der Waals surface area contributed by atoms with Crippen molar-refractivity contribution in [1.82, 2.24) is 0 Å². The number of unbranched alkanes of at least 4 members (excludes halogenated alkanes) is 3. The number of methoxy groups -OCH3 is 1. The predicted molar refractivity (Wildman–Crippen MR) is 79.7 cm³/mol. The van der Waals surface area contributed by atoms with E-state index >= 15 is 0 Å². The number of para-hydroxylation sites is 1. The first kappa shape index (κ1) is 16.2. The summed E-state index contributed by atoms with van der Waals surface area (Å²) in [4.78, 5) is 23.4. The summed E-state index contributed by atoms with van der Waals surface area (Å²) in [5.74, 6) is -0.311. The monoisotopic (exact) mass is 277 g/mol. The summed E-state index contributed by atoms with van der Waals surface area (Å²) in [6, 6.07) is 5.12. The van der Waals surface area contributed by atoms with E-state index in [-0.39, 0.29) is 12.2 Å². The van der Waals surface area contributed by atoms with Crippen molar-refractivity contribution in [3.8, 4) is 0 Å². The number of benzene rings is 1. The zero-order valence-electron chi connectivity index (χ0n) is 12.3. The molecule has 0 saturated carbocycles. The molecule has 0 aliphatic rings. The molecule has 0 aromatic heterocycles. The number of nitrogen functional groups attached to an aromatic ring is 1. The third-order valence-corrected chi connectivity index (χ3v) is 3.30. The summed E-state index contributed by atoms with van der Waals surface area (Å²) in [6.45, 7) is 2.14. The van der Waals surface area contributed by atoms with E-state index in [9.17, 15) is 9.59 Å². The van der Waals surface area contributed by atoms with Crippen molar-refractivity contribution in [2.24, 2.45) is 0 Å². The predicted octanol–water partition coefficient (Wildman–Crippen LogP) is 3.14. The first-order chi connectivity index (χ1) is 9.60. The van der Waals surface area contributed by atoms with E-state index < -0.39 is 5.97 Å². The fraction of sp³-hybridized carbons (Fsp3) is 0.500. The number of ketones is 1. The van der Waals surface area contributed by atoms with E-state index in [1.807, 2.05) is 0 Å². The van der Waals surface area contributed by atoms with Gasteiger partial charge in [0, 0.05) is 18.5 Å². The fourth-order valence-electron chi connectivity index (χ4n) is 2.10. The summed E-state index contributed by atoms with van der Waals surface area (Å²) in [5, 5.41) is 0. The van der Waals surface area contributed by atoms with Crippen LogP contribution in [0.2, 0.25) is 0 Å². The molecule has 0 unspecified atom stereocenters. The summed E-state index contributed by atoms with van der Waals surface area (Å²) in [5.41, 5.74) is 7.30. The minimum Gasteiger partial charge on any atom is -0.465 e. The zero-order chi connectivity index (χ0) is 15.0. The molecule has 0 saturated heterocycles. The minimum absolute atomic E-state index is 0.162. The second-order valence-electron chi connectivity index (χ2n) is 4.90. The van der Waals surface area contributed by atoms with E-state index in [1.54, 1.807) is 18.2 Å². The smallest absolute Gasteiger partial charge is 0.339 e. The molecule has 0 aliphatic carbocycles. The van der Waals surface area contributed by atoms with E-state index in [0.29, 0.717) is 23.2 Å². The quantitative estimate of drug-likeness (QED) is 0.450. The van der Waals surface area contributed by atoms with Gasteiger partial charge in [-0.05, 0) is 18.1 Å². The van der Waals surface area contributed by atoms with E-state index in [4.69, 9.17) is 5.73 Å². The first-order valence-electron chi connectivity index (χ1n) is 7.07. The molecule has 0 atom stereocenters. The molecule has 1 rings (SSSR count). The lowest BCUT2D eigenvalue weighted by molar-refractivity contribution is -0.118. The minimum atomic E-state index is -0.472. The van der Waals surface area contributed by atoms with Crippen molar-refractivity contribution in [3.05, 3.63) is 29.3 Å². The van der Waals surface area contributed by atoms with Crippen LogP contribution in [0, 0.1) is 0 Å². The maximum absolute atomic E-state index is 11.9. The molecule has 1 aromatic carbocycles. The van der Waals surface area contributed by atoms with Crippen LogP contribution in [-0.4, -0.2) is 18.9 Å². The number of hydrogen-bond acceptors (Lipinski definition) is 4. The van der Waals surface area contributed by atoms with Crippen LogP contribution in [-0.2, 0) is 16.0 Å². The summed E-state index contributed by atoms with van der Waals surface area (Å²) >= 11 is 0. The molecule has 0 aliphatic heterocycles. The average Bonchev–Trinajstić information content (AvgIpc) is 2.45. The number of rotatable bonds is 8. The molecule has 2 N–H and O–H groups in total. The Morgan fingerprint density at radius 3 is 2.60 bits per heavy atom. The highest BCUT2D eigenvalue weighted by Crippen LogP contribution is 2.20. The van der Waals surface area contributed by atoms with E-state index in [0.717, 1.165) is 25.7 Å². The van der Waals surface area contributed by atoms with Gasteiger partial charge in [-0.2, -0.15) is 0 Å². The molecule has 0 amide bonds. The van der Waals surface area contributed by atoms with Crippen molar-refractivity contribution in [3.63, 3.8) is 0 Å². The van der Waals surface area contributed by atoms with Crippen LogP contribution >= 0.6 is 0 Å². The number of anilines is 1. The lowest BCUT2D eigenvalue weighted by Gasteiger charge is -2.09. The van der Waals surface area contributed by atoms with E-state index in [1.165, 1.54) is 7.11 Å². The molecule has 0 spiro atoms. The van der Waals surface area contributed by atoms with Gasteiger partial charge in [-0.15, -0.1) is 0 Å². The Morgan fingerprint density at radius 1 is 1.20 bits per heavy atom. The Balaban J connectivity index is 2.64. The number of carbonyl (C=O) groups excluding carboxylic acids is 2. The van der Waals surface area contributed by atoms with Crippen molar-refractivity contribution in [2.45, 2.75) is 45.4 Å². The maximum Gasteiger partial charge on any atom is 0.339 e. The van der Waals surface area contributed by atoms with Crippen molar-refractivity contribution < 1.29 is 14.3 Å². The molecule has 0 radical (unpaired) electrons. The number of esters is 1. The highest BCUT2D eigenvalue weighted by Gasteiger charge is 2.14. The zero-order valence-corrected chi connectivity index (χ0v) is 12.3. The number of Topliss-reactive ketones (excluding diaryl/α,β-unsaturated/α-hetero) is 1. The Kier molecular flexibility index (Phi) is 6.77. The van der Waals surface area contributed by atoms with Crippen molar-refractivity contribution in [1.29, 1.82) is 0 Å². The number of hydrogen-bond donors (Lipinski definition) is 1. The molecule has 0 fully saturated rings. The highest BCUT2D eigenvalue weighted by atomic mass is 16.5. The molecule has 4 nitrogen and oxygen atoms in total. The van der Waals surface area contributed by atoms with Gasteiger partial charge in [0.1, 0.15) is 5.78 Å². The normalized spacial score (nSPS) is 10.3. The molecule has 1 aromatic rings. The highest BCUT2D eigenvalue weighted by molar-refractivity contribution is 5.96. The van der Waals surface area contributed by atoms with Gasteiger partial charge in [-0.3, -0.25) is 4.79 Å². The fourth-order valence-corrected chi connectivity index (χ4v) is 2.10. The lowest BCUT2D eigenvalue weighted by atomic mass is 10.00. The van der Waals surface area contributed by atoms with Crippen LogP contribution in [0.3, 0.4) is 0 Å². The summed E-state index contributed by atoms with van der Waals surface area (Å²) in [6.07, 6.45) is 5.17. The van der Waals surface area contributed by atoms with E-state index in [2.05, 4.69) is 11.7 Å². The third-order valence-electron chi connectivity index (χ3n) is 3.30. The Hall–Kier alpha value is -1.84. The number of ether oxygens (including phenoxy) is 1. The van der Waals surface area contributed by atoms with Gasteiger partial charge in [0.15, 0.2) is 0 Å². The van der Waals surface area contributed by atoms with Crippen LogP contribution in [0.5, 0.6) is 0 Å². The molecule has 110 valence electrons. The molecule has 0 bridgehead atoms.